The lowest BCUT2D eigenvalue weighted by atomic mass is 10.2. The molecule has 0 saturated carbocycles. The minimum absolute atomic E-state index is 0.493. The summed E-state index contributed by atoms with van der Waals surface area (Å²) in [7, 11) is 0. The molecule has 4 rings (SSSR count). The molecule has 132 valence electrons. The Morgan fingerprint density at radius 2 is 1.69 bits per heavy atom. The van der Waals surface area contributed by atoms with E-state index in [0.29, 0.717) is 30.0 Å². The zero-order chi connectivity index (χ0) is 17.9. The van der Waals surface area contributed by atoms with Crippen LogP contribution < -0.4 is 20.1 Å². The van der Waals surface area contributed by atoms with Gasteiger partial charge in [-0.25, -0.2) is 4.98 Å². The standard InChI is InChI=1S/C19H17ClN4O2/c1-12-9-18(22-15-5-6-16-17(11-15)26-8-7-25-16)24-19(21-12)23-14-4-2-3-13(20)10-14/h2-6,9-11H,7-8H2,1H3,(H2,21,22,23,24). The van der Waals surface area contributed by atoms with E-state index in [4.69, 9.17) is 21.1 Å². The van der Waals surface area contributed by atoms with Gasteiger partial charge in [0.05, 0.1) is 0 Å². The molecular formula is C19H17ClN4O2. The number of nitrogens with one attached hydrogen (secondary N) is 2. The third kappa shape index (κ3) is 3.81. The Labute approximate surface area is 156 Å². The minimum atomic E-state index is 0.493. The summed E-state index contributed by atoms with van der Waals surface area (Å²) in [5.41, 5.74) is 2.53. The van der Waals surface area contributed by atoms with E-state index in [9.17, 15) is 0 Å². The summed E-state index contributed by atoms with van der Waals surface area (Å²) in [5, 5.41) is 7.10. The number of ether oxygens (including phenoxy) is 2. The van der Waals surface area contributed by atoms with Crippen LogP contribution in [-0.4, -0.2) is 23.2 Å². The molecule has 0 radical (unpaired) electrons. The van der Waals surface area contributed by atoms with Crippen LogP contribution in [0.5, 0.6) is 11.5 Å². The summed E-state index contributed by atoms with van der Waals surface area (Å²) < 4.78 is 11.2. The van der Waals surface area contributed by atoms with Gasteiger partial charge in [-0.05, 0) is 37.3 Å². The first-order valence-electron chi connectivity index (χ1n) is 8.21. The van der Waals surface area contributed by atoms with Crippen LogP contribution in [0.1, 0.15) is 5.69 Å². The fourth-order valence-electron chi connectivity index (χ4n) is 2.65. The molecule has 2 heterocycles. The first-order chi connectivity index (χ1) is 12.7. The van der Waals surface area contributed by atoms with Crippen LogP contribution in [0.15, 0.2) is 48.5 Å². The van der Waals surface area contributed by atoms with Crippen LogP contribution in [0, 0.1) is 6.92 Å². The molecule has 0 bridgehead atoms. The smallest absolute Gasteiger partial charge is 0.229 e. The van der Waals surface area contributed by atoms with Crippen molar-refractivity contribution >= 4 is 34.7 Å². The molecule has 0 spiro atoms. The predicted molar refractivity (Wildman–Crippen MR) is 102 cm³/mol. The van der Waals surface area contributed by atoms with Gasteiger partial charge in [0.1, 0.15) is 19.0 Å². The minimum Gasteiger partial charge on any atom is -0.486 e. The van der Waals surface area contributed by atoms with E-state index in [1.807, 2.05) is 55.5 Å². The highest BCUT2D eigenvalue weighted by molar-refractivity contribution is 6.30. The summed E-state index contributed by atoms with van der Waals surface area (Å²) in [6, 6.07) is 15.0. The van der Waals surface area contributed by atoms with Crippen molar-refractivity contribution in [1.82, 2.24) is 9.97 Å². The Morgan fingerprint density at radius 1 is 0.885 bits per heavy atom. The number of rotatable bonds is 4. The van der Waals surface area contributed by atoms with Crippen molar-refractivity contribution in [3.8, 4) is 11.5 Å². The molecule has 0 unspecified atom stereocenters. The molecule has 2 N–H and O–H groups in total. The highest BCUT2D eigenvalue weighted by Crippen LogP contribution is 2.33. The summed E-state index contributed by atoms with van der Waals surface area (Å²) in [4.78, 5) is 8.94. The van der Waals surface area contributed by atoms with Crippen molar-refractivity contribution in [2.75, 3.05) is 23.8 Å². The number of nitrogens with zero attached hydrogens (tertiary/aromatic N) is 2. The molecule has 7 heteroatoms. The second-order valence-electron chi connectivity index (χ2n) is 5.84. The van der Waals surface area contributed by atoms with Gasteiger partial charge in [0, 0.05) is 34.2 Å². The van der Waals surface area contributed by atoms with Gasteiger partial charge >= 0.3 is 0 Å². The SMILES string of the molecule is Cc1cc(Nc2ccc3c(c2)OCCO3)nc(Nc2cccc(Cl)c2)n1. The maximum Gasteiger partial charge on any atom is 0.229 e. The van der Waals surface area contributed by atoms with E-state index >= 15 is 0 Å². The highest BCUT2D eigenvalue weighted by atomic mass is 35.5. The Balaban J connectivity index is 1.56. The molecular weight excluding hydrogens is 352 g/mol. The van der Waals surface area contributed by atoms with E-state index in [1.165, 1.54) is 0 Å². The predicted octanol–water partition coefficient (Wildman–Crippen LogP) is 4.70. The number of fused-ring (bicyclic) bond motifs is 1. The number of aryl methyl sites for hydroxylation is 1. The van der Waals surface area contributed by atoms with E-state index in [0.717, 1.165) is 28.6 Å². The molecule has 1 aliphatic rings. The number of anilines is 4. The summed E-state index contributed by atoms with van der Waals surface area (Å²) in [6.07, 6.45) is 0. The maximum atomic E-state index is 6.02. The lowest BCUT2D eigenvalue weighted by Gasteiger charge is -2.19. The first kappa shape index (κ1) is 16.5. The molecule has 0 aliphatic carbocycles. The van der Waals surface area contributed by atoms with Crippen LogP contribution in [0.4, 0.5) is 23.1 Å². The molecule has 1 aliphatic heterocycles. The van der Waals surface area contributed by atoms with Crippen molar-refractivity contribution in [3.05, 3.63) is 59.2 Å². The Bertz CT molecular complexity index is 949. The molecule has 0 atom stereocenters. The molecule has 3 aromatic rings. The normalized spacial score (nSPS) is 12.5. The largest absolute Gasteiger partial charge is 0.486 e. The lowest BCUT2D eigenvalue weighted by Crippen LogP contribution is -2.15. The van der Waals surface area contributed by atoms with Gasteiger partial charge in [-0.15, -0.1) is 0 Å². The zero-order valence-electron chi connectivity index (χ0n) is 14.1. The lowest BCUT2D eigenvalue weighted by molar-refractivity contribution is 0.171. The van der Waals surface area contributed by atoms with E-state index < -0.39 is 0 Å². The summed E-state index contributed by atoms with van der Waals surface area (Å²) >= 11 is 6.02. The number of hydrogen-bond acceptors (Lipinski definition) is 6. The zero-order valence-corrected chi connectivity index (χ0v) is 14.9. The van der Waals surface area contributed by atoms with Crippen LogP contribution in [0.25, 0.3) is 0 Å². The van der Waals surface area contributed by atoms with Crippen LogP contribution in [-0.2, 0) is 0 Å². The van der Waals surface area contributed by atoms with Gasteiger partial charge < -0.3 is 20.1 Å². The van der Waals surface area contributed by atoms with E-state index in [1.54, 1.807) is 0 Å². The molecule has 0 saturated heterocycles. The fraction of sp³-hybridized carbons (Fsp3) is 0.158. The first-order valence-corrected chi connectivity index (χ1v) is 8.58. The van der Waals surface area contributed by atoms with Crippen molar-refractivity contribution < 1.29 is 9.47 Å². The molecule has 6 nitrogen and oxygen atoms in total. The van der Waals surface area contributed by atoms with Crippen molar-refractivity contribution in [2.24, 2.45) is 0 Å². The van der Waals surface area contributed by atoms with Gasteiger partial charge in [0.25, 0.3) is 0 Å². The number of aromatic nitrogens is 2. The Kier molecular flexibility index (Phi) is 4.50. The molecule has 26 heavy (non-hydrogen) atoms. The average molecular weight is 369 g/mol. The molecule has 0 fully saturated rings. The average Bonchev–Trinajstić information content (AvgIpc) is 2.61. The summed E-state index contributed by atoms with van der Waals surface area (Å²) in [5.74, 6) is 2.65. The van der Waals surface area contributed by atoms with Crippen LogP contribution >= 0.6 is 11.6 Å². The van der Waals surface area contributed by atoms with Crippen molar-refractivity contribution in [3.63, 3.8) is 0 Å². The van der Waals surface area contributed by atoms with Gasteiger partial charge in [0.15, 0.2) is 11.5 Å². The Morgan fingerprint density at radius 3 is 2.54 bits per heavy atom. The number of benzene rings is 2. The number of hydrogen-bond donors (Lipinski definition) is 2. The molecule has 2 aromatic carbocycles. The fourth-order valence-corrected chi connectivity index (χ4v) is 2.84. The third-order valence-electron chi connectivity index (χ3n) is 3.75. The van der Waals surface area contributed by atoms with Gasteiger partial charge in [-0.2, -0.15) is 4.98 Å². The van der Waals surface area contributed by atoms with Crippen LogP contribution in [0.3, 0.4) is 0 Å². The van der Waals surface area contributed by atoms with E-state index in [2.05, 4.69) is 20.6 Å². The van der Waals surface area contributed by atoms with E-state index in [-0.39, 0.29) is 0 Å². The Hall–Kier alpha value is -2.99. The maximum absolute atomic E-state index is 6.02. The monoisotopic (exact) mass is 368 g/mol. The van der Waals surface area contributed by atoms with Gasteiger partial charge in [-0.1, -0.05) is 17.7 Å². The highest BCUT2D eigenvalue weighted by Gasteiger charge is 2.12. The molecule has 0 amide bonds. The third-order valence-corrected chi connectivity index (χ3v) is 3.98. The second-order valence-corrected chi connectivity index (χ2v) is 6.27. The number of halogens is 1. The quantitative estimate of drug-likeness (QED) is 0.695. The van der Waals surface area contributed by atoms with Gasteiger partial charge in [-0.3, -0.25) is 0 Å². The van der Waals surface area contributed by atoms with Crippen molar-refractivity contribution in [2.45, 2.75) is 6.92 Å². The summed E-state index contributed by atoms with van der Waals surface area (Å²) in [6.45, 7) is 3.04. The molecule has 1 aromatic heterocycles. The topological polar surface area (TPSA) is 68.3 Å². The van der Waals surface area contributed by atoms with Gasteiger partial charge in [0.2, 0.25) is 5.95 Å². The van der Waals surface area contributed by atoms with Crippen LogP contribution in [0.2, 0.25) is 5.02 Å². The second kappa shape index (κ2) is 7.09. The van der Waals surface area contributed by atoms with Crippen molar-refractivity contribution in [1.29, 1.82) is 0 Å².